The molecule has 2 rings (SSSR count). The maximum atomic E-state index is 12.9. The van der Waals surface area contributed by atoms with Crippen molar-refractivity contribution < 1.29 is 31.9 Å². The molecule has 0 aliphatic heterocycles. The number of ether oxygens (including phenoxy) is 2. The van der Waals surface area contributed by atoms with Gasteiger partial charge in [0.1, 0.15) is 24.4 Å². The molecule has 0 saturated carbocycles. The van der Waals surface area contributed by atoms with Crippen molar-refractivity contribution in [2.45, 2.75) is 12.7 Å². The summed E-state index contributed by atoms with van der Waals surface area (Å²) < 4.78 is 54.0. The van der Waals surface area contributed by atoms with Gasteiger partial charge in [-0.15, -0.1) is 0 Å². The zero-order valence-corrected chi connectivity index (χ0v) is 13.4. The Morgan fingerprint density at radius 2 is 2.04 bits per heavy atom. The first-order chi connectivity index (χ1) is 11.8. The van der Waals surface area contributed by atoms with Crippen molar-refractivity contribution in [3.8, 4) is 5.75 Å². The molecule has 136 valence electrons. The van der Waals surface area contributed by atoms with Crippen LogP contribution in [0.2, 0.25) is 0 Å². The highest BCUT2D eigenvalue weighted by molar-refractivity contribution is 6.05. The second-order valence-electron chi connectivity index (χ2n) is 5.01. The molecule has 1 aromatic carbocycles. The molecular formula is C16H17F3N2O4. The molecular weight excluding hydrogens is 341 g/mol. The number of furan rings is 1. The van der Waals surface area contributed by atoms with Crippen LogP contribution in [0.4, 0.5) is 18.9 Å². The van der Waals surface area contributed by atoms with E-state index < -0.39 is 17.6 Å². The molecule has 0 aliphatic rings. The van der Waals surface area contributed by atoms with Crippen LogP contribution in [0.25, 0.3) is 0 Å². The van der Waals surface area contributed by atoms with E-state index in [1.165, 1.54) is 19.4 Å². The third kappa shape index (κ3) is 4.97. The Morgan fingerprint density at radius 1 is 1.28 bits per heavy atom. The Hall–Kier alpha value is -2.52. The monoisotopic (exact) mass is 358 g/mol. The zero-order chi connectivity index (χ0) is 18.4. The van der Waals surface area contributed by atoms with Crippen LogP contribution in [0, 0.1) is 0 Å². The number of carbonyl (C=O) groups is 1. The summed E-state index contributed by atoms with van der Waals surface area (Å²) in [6.07, 6.45) is -3.37. The number of nitrogens with one attached hydrogen (secondary N) is 1. The Morgan fingerprint density at radius 3 is 2.64 bits per heavy atom. The molecule has 0 atom stereocenters. The second-order valence-corrected chi connectivity index (χ2v) is 5.01. The van der Waals surface area contributed by atoms with Crippen LogP contribution in [0.15, 0.2) is 34.9 Å². The smallest absolute Gasteiger partial charge is 0.416 e. The predicted molar refractivity (Wildman–Crippen MR) is 83.4 cm³/mol. The molecule has 1 aromatic heterocycles. The summed E-state index contributed by atoms with van der Waals surface area (Å²) >= 11 is 0. The van der Waals surface area contributed by atoms with Gasteiger partial charge >= 0.3 is 6.18 Å². The summed E-state index contributed by atoms with van der Waals surface area (Å²) in [6, 6.07) is 4.25. The highest BCUT2D eigenvalue weighted by Crippen LogP contribution is 2.35. The molecule has 0 fully saturated rings. The van der Waals surface area contributed by atoms with Crippen molar-refractivity contribution in [1.82, 2.24) is 0 Å². The standard InChI is InChI=1S/C16H17F3N2O4/c1-23-4-5-24-14-3-2-11(16(17,18)19)7-13(14)21-15(22)10-6-12(8-20)25-9-10/h2-3,6-7,9H,4-5,8,20H2,1H3,(H,21,22). The average Bonchev–Trinajstić information content (AvgIpc) is 3.04. The van der Waals surface area contributed by atoms with E-state index in [0.29, 0.717) is 5.76 Å². The number of carbonyl (C=O) groups excluding carboxylic acids is 1. The lowest BCUT2D eigenvalue weighted by atomic mass is 10.1. The number of benzene rings is 1. The molecule has 0 aliphatic carbocycles. The Kier molecular flexibility index (Phi) is 6.05. The first kappa shape index (κ1) is 18.8. The summed E-state index contributed by atoms with van der Waals surface area (Å²) in [5.41, 5.74) is 4.52. The maximum Gasteiger partial charge on any atom is 0.416 e. The molecule has 1 amide bonds. The van der Waals surface area contributed by atoms with Crippen LogP contribution in [-0.4, -0.2) is 26.2 Å². The maximum absolute atomic E-state index is 12.9. The summed E-state index contributed by atoms with van der Waals surface area (Å²) in [5, 5.41) is 2.40. The minimum atomic E-state index is -4.55. The molecule has 6 nitrogen and oxygen atoms in total. The lowest BCUT2D eigenvalue weighted by Crippen LogP contribution is -2.15. The molecule has 0 bridgehead atoms. The number of rotatable bonds is 7. The van der Waals surface area contributed by atoms with E-state index in [4.69, 9.17) is 19.6 Å². The average molecular weight is 358 g/mol. The van der Waals surface area contributed by atoms with Crippen LogP contribution >= 0.6 is 0 Å². The quantitative estimate of drug-likeness (QED) is 0.743. The van der Waals surface area contributed by atoms with Gasteiger partial charge in [-0.05, 0) is 24.3 Å². The van der Waals surface area contributed by atoms with Crippen LogP contribution in [-0.2, 0) is 17.5 Å². The number of hydrogen-bond donors (Lipinski definition) is 2. The second kappa shape index (κ2) is 8.04. The summed E-state index contributed by atoms with van der Waals surface area (Å²) in [7, 11) is 1.47. The first-order valence-corrected chi connectivity index (χ1v) is 7.27. The van der Waals surface area contributed by atoms with Gasteiger partial charge in [-0.25, -0.2) is 0 Å². The lowest BCUT2D eigenvalue weighted by molar-refractivity contribution is -0.137. The van der Waals surface area contributed by atoms with Gasteiger partial charge in [0.15, 0.2) is 0 Å². The summed E-state index contributed by atoms with van der Waals surface area (Å²) in [4.78, 5) is 12.2. The van der Waals surface area contributed by atoms with Crippen molar-refractivity contribution in [2.24, 2.45) is 5.73 Å². The van der Waals surface area contributed by atoms with Crippen molar-refractivity contribution in [3.05, 3.63) is 47.4 Å². The van der Waals surface area contributed by atoms with Gasteiger partial charge in [-0.3, -0.25) is 4.79 Å². The van der Waals surface area contributed by atoms with Gasteiger partial charge in [-0.2, -0.15) is 13.2 Å². The fourth-order valence-electron chi connectivity index (χ4n) is 1.97. The Bertz CT molecular complexity index is 728. The van der Waals surface area contributed by atoms with Gasteiger partial charge in [0, 0.05) is 7.11 Å². The van der Waals surface area contributed by atoms with Gasteiger partial charge in [0.25, 0.3) is 5.91 Å². The van der Waals surface area contributed by atoms with Crippen molar-refractivity contribution in [3.63, 3.8) is 0 Å². The molecule has 0 spiro atoms. The van der Waals surface area contributed by atoms with E-state index >= 15 is 0 Å². The Balaban J connectivity index is 2.26. The molecule has 9 heteroatoms. The minimum absolute atomic E-state index is 0.0981. The number of nitrogens with two attached hydrogens (primary N) is 1. The number of amides is 1. The highest BCUT2D eigenvalue weighted by atomic mass is 19.4. The van der Waals surface area contributed by atoms with E-state index in [1.54, 1.807) is 0 Å². The SMILES string of the molecule is COCCOc1ccc(C(F)(F)F)cc1NC(=O)c1coc(CN)c1. The number of hydrogen-bond acceptors (Lipinski definition) is 5. The summed E-state index contributed by atoms with van der Waals surface area (Å²) in [5.74, 6) is -0.161. The largest absolute Gasteiger partial charge is 0.489 e. The Labute approximate surface area is 141 Å². The first-order valence-electron chi connectivity index (χ1n) is 7.27. The van der Waals surface area contributed by atoms with Gasteiger partial charge < -0.3 is 24.9 Å². The molecule has 1 heterocycles. The van der Waals surface area contributed by atoms with Gasteiger partial charge in [0.05, 0.1) is 30.0 Å². The van der Waals surface area contributed by atoms with E-state index in [-0.39, 0.29) is 36.8 Å². The predicted octanol–water partition coefficient (Wildman–Crippen LogP) is 3.03. The van der Waals surface area contributed by atoms with E-state index in [2.05, 4.69) is 5.32 Å². The molecule has 0 saturated heterocycles. The fraction of sp³-hybridized carbons (Fsp3) is 0.312. The topological polar surface area (TPSA) is 86.7 Å². The number of anilines is 1. The fourth-order valence-corrected chi connectivity index (χ4v) is 1.97. The zero-order valence-electron chi connectivity index (χ0n) is 13.4. The van der Waals surface area contributed by atoms with Crippen LogP contribution in [0.5, 0.6) is 5.75 Å². The number of alkyl halides is 3. The number of methoxy groups -OCH3 is 1. The van der Waals surface area contributed by atoms with Gasteiger partial charge in [0.2, 0.25) is 0 Å². The highest BCUT2D eigenvalue weighted by Gasteiger charge is 2.31. The van der Waals surface area contributed by atoms with E-state index in [1.807, 2.05) is 0 Å². The molecule has 0 radical (unpaired) electrons. The third-order valence-electron chi connectivity index (χ3n) is 3.22. The van der Waals surface area contributed by atoms with Crippen LogP contribution < -0.4 is 15.8 Å². The van der Waals surface area contributed by atoms with Crippen LogP contribution in [0.3, 0.4) is 0 Å². The molecule has 2 aromatic rings. The van der Waals surface area contributed by atoms with Gasteiger partial charge in [-0.1, -0.05) is 0 Å². The van der Waals surface area contributed by atoms with Crippen molar-refractivity contribution in [2.75, 3.05) is 25.6 Å². The molecule has 0 unspecified atom stereocenters. The minimum Gasteiger partial charge on any atom is -0.489 e. The van der Waals surface area contributed by atoms with Crippen molar-refractivity contribution >= 4 is 11.6 Å². The van der Waals surface area contributed by atoms with E-state index in [9.17, 15) is 18.0 Å². The number of halogens is 3. The lowest BCUT2D eigenvalue weighted by Gasteiger charge is -2.15. The normalized spacial score (nSPS) is 11.4. The van der Waals surface area contributed by atoms with Crippen LogP contribution in [0.1, 0.15) is 21.7 Å². The van der Waals surface area contributed by atoms with E-state index in [0.717, 1.165) is 18.2 Å². The summed E-state index contributed by atoms with van der Waals surface area (Å²) in [6.45, 7) is 0.464. The van der Waals surface area contributed by atoms with Crippen molar-refractivity contribution in [1.29, 1.82) is 0 Å². The molecule has 25 heavy (non-hydrogen) atoms. The molecule has 3 N–H and O–H groups in total. The third-order valence-corrected chi connectivity index (χ3v) is 3.22.